The second-order valence-electron chi connectivity index (χ2n) is 5.91. The molecule has 1 aliphatic rings. The first-order valence-corrected chi connectivity index (χ1v) is 8.55. The van der Waals surface area contributed by atoms with Crippen molar-refractivity contribution in [2.75, 3.05) is 5.01 Å². The topological polar surface area (TPSA) is 96.0 Å². The van der Waals surface area contributed by atoms with Crippen LogP contribution < -0.4 is 5.01 Å². The quantitative estimate of drug-likeness (QED) is 0.170. The lowest BCUT2D eigenvalue weighted by atomic mass is 10.1. The van der Waals surface area contributed by atoms with E-state index in [4.69, 9.17) is 0 Å². The Kier molecular flexibility index (Phi) is 5.33. The van der Waals surface area contributed by atoms with Crippen LogP contribution in [-0.2, 0) is 4.79 Å². The molecule has 156 valence electrons. The molecule has 13 heteroatoms. The van der Waals surface area contributed by atoms with Crippen molar-refractivity contribution >= 4 is 45.0 Å². The standard InChI is InChI=1S/C17H7BrF5N3O4/c1-5-7(2-6-3-8(18)16(27)9(4-6)26(29)30)17(28)25(24-5)15-13(22)11(20)10(19)12(21)14(15)23/h2-4,27H,1H3/b7-2+. The van der Waals surface area contributed by atoms with Crippen LogP contribution >= 0.6 is 15.9 Å². The summed E-state index contributed by atoms with van der Waals surface area (Å²) >= 11 is 2.91. The number of nitro groups is 1. The molecule has 0 atom stereocenters. The molecule has 1 aliphatic heterocycles. The van der Waals surface area contributed by atoms with Gasteiger partial charge >= 0.3 is 5.69 Å². The Hall–Kier alpha value is -3.35. The average Bonchev–Trinajstić information content (AvgIpc) is 2.95. The minimum Gasteiger partial charge on any atom is -0.501 e. The van der Waals surface area contributed by atoms with Crippen molar-refractivity contribution in [1.82, 2.24) is 0 Å². The normalized spacial score (nSPS) is 15.2. The van der Waals surface area contributed by atoms with Crippen LogP contribution in [0.3, 0.4) is 0 Å². The molecule has 0 saturated carbocycles. The minimum atomic E-state index is -2.39. The zero-order chi connectivity index (χ0) is 22.5. The summed E-state index contributed by atoms with van der Waals surface area (Å²) in [6.07, 6.45) is 1.05. The molecule has 30 heavy (non-hydrogen) atoms. The highest BCUT2D eigenvalue weighted by molar-refractivity contribution is 9.10. The van der Waals surface area contributed by atoms with E-state index in [0.717, 1.165) is 12.1 Å². The SMILES string of the molecule is CC1=NN(c2c(F)c(F)c(F)c(F)c2F)C(=O)/C1=C/c1cc(Br)c(O)c([N+](=O)[O-])c1. The Morgan fingerprint density at radius 2 is 1.63 bits per heavy atom. The van der Waals surface area contributed by atoms with E-state index in [1.54, 1.807) is 0 Å². The van der Waals surface area contributed by atoms with Gasteiger partial charge in [-0.1, -0.05) is 0 Å². The maximum absolute atomic E-state index is 14.0. The number of carbonyl (C=O) groups excluding carboxylic acids is 1. The molecule has 1 N–H and O–H groups in total. The van der Waals surface area contributed by atoms with Crippen molar-refractivity contribution in [2.45, 2.75) is 6.92 Å². The number of anilines is 1. The highest BCUT2D eigenvalue weighted by Crippen LogP contribution is 2.37. The highest BCUT2D eigenvalue weighted by atomic mass is 79.9. The number of hydrogen-bond acceptors (Lipinski definition) is 5. The van der Waals surface area contributed by atoms with Gasteiger partial charge in [-0.3, -0.25) is 14.9 Å². The summed E-state index contributed by atoms with van der Waals surface area (Å²) in [5.41, 5.74) is -2.73. The molecule has 0 aromatic heterocycles. The van der Waals surface area contributed by atoms with Gasteiger partial charge in [-0.15, -0.1) is 0 Å². The summed E-state index contributed by atoms with van der Waals surface area (Å²) in [5, 5.41) is 24.3. The number of halogens is 6. The molecule has 3 rings (SSSR count). The van der Waals surface area contributed by atoms with Gasteiger partial charge in [0.05, 0.1) is 20.7 Å². The molecule has 0 saturated heterocycles. The van der Waals surface area contributed by atoms with Crippen LogP contribution in [0, 0.1) is 39.2 Å². The van der Waals surface area contributed by atoms with E-state index in [2.05, 4.69) is 21.0 Å². The fourth-order valence-corrected chi connectivity index (χ4v) is 3.08. The molecule has 0 radical (unpaired) electrons. The van der Waals surface area contributed by atoms with Gasteiger partial charge in [0.15, 0.2) is 23.3 Å². The first-order valence-electron chi connectivity index (χ1n) is 7.75. The van der Waals surface area contributed by atoms with Gasteiger partial charge in [0.2, 0.25) is 11.6 Å². The van der Waals surface area contributed by atoms with Crippen molar-refractivity contribution in [3.05, 3.63) is 66.9 Å². The molecule has 1 amide bonds. The molecule has 7 nitrogen and oxygen atoms in total. The zero-order valence-corrected chi connectivity index (χ0v) is 16.1. The van der Waals surface area contributed by atoms with Crippen LogP contribution in [0.4, 0.5) is 33.3 Å². The van der Waals surface area contributed by atoms with Crippen LogP contribution in [0.1, 0.15) is 12.5 Å². The molecule has 2 aromatic rings. The molecular weight excluding hydrogens is 485 g/mol. The van der Waals surface area contributed by atoms with Gasteiger partial charge in [0.25, 0.3) is 5.91 Å². The van der Waals surface area contributed by atoms with E-state index in [1.165, 1.54) is 13.0 Å². The van der Waals surface area contributed by atoms with Gasteiger partial charge in [0, 0.05) is 6.07 Å². The van der Waals surface area contributed by atoms with Crippen molar-refractivity contribution in [1.29, 1.82) is 0 Å². The van der Waals surface area contributed by atoms with Crippen molar-refractivity contribution in [3.8, 4) is 5.75 Å². The van der Waals surface area contributed by atoms with Crippen LogP contribution in [0.15, 0.2) is 27.3 Å². The van der Waals surface area contributed by atoms with Gasteiger partial charge < -0.3 is 5.11 Å². The molecule has 2 aromatic carbocycles. The summed E-state index contributed by atoms with van der Waals surface area (Å²) in [6, 6.07) is 2.12. The third-order valence-electron chi connectivity index (χ3n) is 4.03. The highest BCUT2D eigenvalue weighted by Gasteiger charge is 2.37. The summed E-state index contributed by atoms with van der Waals surface area (Å²) in [6.45, 7) is 1.22. The average molecular weight is 492 g/mol. The molecule has 0 aliphatic carbocycles. The third kappa shape index (κ3) is 3.30. The minimum absolute atomic E-state index is 0.0152. The molecular formula is C17H7BrF5N3O4. The number of aromatic hydroxyl groups is 1. The van der Waals surface area contributed by atoms with Crippen molar-refractivity contribution in [3.63, 3.8) is 0 Å². The van der Waals surface area contributed by atoms with E-state index in [0.29, 0.717) is 0 Å². The molecule has 0 unspecified atom stereocenters. The van der Waals surface area contributed by atoms with E-state index in [-0.39, 0.29) is 26.3 Å². The number of phenolic OH excluding ortho intramolecular Hbond substituents is 1. The van der Waals surface area contributed by atoms with E-state index >= 15 is 0 Å². The Balaban J connectivity index is 2.12. The number of nitrogens with zero attached hydrogens (tertiary/aromatic N) is 3. The molecule has 0 bridgehead atoms. The van der Waals surface area contributed by atoms with Crippen molar-refractivity contribution < 1.29 is 36.8 Å². The first-order chi connectivity index (χ1) is 14.0. The zero-order valence-electron chi connectivity index (χ0n) is 14.5. The van der Waals surface area contributed by atoms with Gasteiger partial charge in [-0.25, -0.2) is 22.0 Å². The summed E-state index contributed by atoms with van der Waals surface area (Å²) < 4.78 is 68.2. The lowest BCUT2D eigenvalue weighted by Gasteiger charge is -2.15. The summed E-state index contributed by atoms with van der Waals surface area (Å²) in [5.74, 6) is -13.3. The maximum atomic E-state index is 14.0. The fourth-order valence-electron chi connectivity index (χ4n) is 2.61. The third-order valence-corrected chi connectivity index (χ3v) is 4.64. The number of hydrazone groups is 1. The number of nitro benzene ring substituents is 1. The monoisotopic (exact) mass is 491 g/mol. The van der Waals surface area contributed by atoms with E-state index in [9.17, 15) is 42.0 Å². The number of amides is 1. The lowest BCUT2D eigenvalue weighted by Crippen LogP contribution is -2.25. The van der Waals surface area contributed by atoms with Crippen molar-refractivity contribution in [2.24, 2.45) is 5.10 Å². The first kappa shape index (κ1) is 21.4. The Labute approximate surface area is 172 Å². The molecule has 0 spiro atoms. The van der Waals surface area contributed by atoms with E-state index in [1.807, 2.05) is 0 Å². The van der Waals surface area contributed by atoms with Crippen LogP contribution in [0.25, 0.3) is 6.08 Å². The number of carbonyl (C=O) groups is 1. The number of hydrogen-bond donors (Lipinski definition) is 1. The second kappa shape index (κ2) is 7.48. The smallest absolute Gasteiger partial charge is 0.312 e. The molecule has 1 heterocycles. The van der Waals surface area contributed by atoms with E-state index < -0.39 is 57.0 Å². The lowest BCUT2D eigenvalue weighted by molar-refractivity contribution is -0.386. The largest absolute Gasteiger partial charge is 0.501 e. The number of rotatable bonds is 3. The molecule has 0 fully saturated rings. The fraction of sp³-hybridized carbons (Fsp3) is 0.0588. The summed E-state index contributed by atoms with van der Waals surface area (Å²) in [7, 11) is 0. The van der Waals surface area contributed by atoms with Crippen LogP contribution in [0.2, 0.25) is 0 Å². The summed E-state index contributed by atoms with van der Waals surface area (Å²) in [4.78, 5) is 22.7. The second-order valence-corrected chi connectivity index (χ2v) is 6.76. The predicted octanol–water partition coefficient (Wildman–Crippen LogP) is 4.56. The van der Waals surface area contributed by atoms with Crippen LogP contribution in [-0.4, -0.2) is 21.6 Å². The van der Waals surface area contributed by atoms with Gasteiger partial charge in [-0.2, -0.15) is 10.1 Å². The number of benzene rings is 2. The van der Waals surface area contributed by atoms with Gasteiger partial charge in [-0.05, 0) is 40.6 Å². The Bertz CT molecular complexity index is 1170. The van der Waals surface area contributed by atoms with Crippen LogP contribution in [0.5, 0.6) is 5.75 Å². The number of phenols is 1. The van der Waals surface area contributed by atoms with Gasteiger partial charge in [0.1, 0.15) is 5.69 Å². The maximum Gasteiger partial charge on any atom is 0.312 e. The Morgan fingerprint density at radius 1 is 1.10 bits per heavy atom. The predicted molar refractivity (Wildman–Crippen MR) is 97.3 cm³/mol. The Morgan fingerprint density at radius 3 is 2.17 bits per heavy atom.